The van der Waals surface area contributed by atoms with E-state index >= 15 is 0 Å². The highest BCUT2D eigenvalue weighted by atomic mass is 19.1. The highest BCUT2D eigenvalue weighted by Gasteiger charge is 2.25. The lowest BCUT2D eigenvalue weighted by Gasteiger charge is -2.25. The Morgan fingerprint density at radius 2 is 2.22 bits per heavy atom. The number of nitrogens with zero attached hydrogens (tertiary/aromatic N) is 1. The molecule has 0 bridgehead atoms. The van der Waals surface area contributed by atoms with Crippen LogP contribution in [0.3, 0.4) is 0 Å². The van der Waals surface area contributed by atoms with Crippen LogP contribution in [-0.2, 0) is 4.84 Å². The molecule has 96 valence electrons. The Morgan fingerprint density at radius 3 is 2.94 bits per heavy atom. The fourth-order valence-electron chi connectivity index (χ4n) is 2.23. The van der Waals surface area contributed by atoms with E-state index in [0.717, 1.165) is 31.6 Å². The minimum absolute atomic E-state index is 0.141. The largest absolute Gasteiger partial charge is 0.391 e. The smallest absolute Gasteiger partial charge is 0.138 e. The number of hydrogen-bond acceptors (Lipinski definition) is 3. The molecule has 1 fully saturated rings. The summed E-state index contributed by atoms with van der Waals surface area (Å²) in [5.74, 6) is 2.35. The first-order valence-corrected chi connectivity index (χ1v) is 6.21. The van der Waals surface area contributed by atoms with Crippen molar-refractivity contribution in [3.8, 4) is 12.3 Å². The quantitative estimate of drug-likeness (QED) is 0.720. The molecule has 1 N–H and O–H groups in total. The zero-order chi connectivity index (χ0) is 12.8. The van der Waals surface area contributed by atoms with E-state index < -0.39 is 0 Å². The maximum absolute atomic E-state index is 13.2. The SMILES string of the molecule is C#CC1/C=C\C(F)=C/CO/N=C\1C1CCNCC1. The lowest BCUT2D eigenvalue weighted by molar-refractivity contribution is 0.169. The summed E-state index contributed by atoms with van der Waals surface area (Å²) in [6, 6.07) is 0. The predicted molar refractivity (Wildman–Crippen MR) is 69.6 cm³/mol. The first-order valence-electron chi connectivity index (χ1n) is 6.21. The number of terminal acetylenes is 1. The topological polar surface area (TPSA) is 33.6 Å². The van der Waals surface area contributed by atoms with E-state index in [4.69, 9.17) is 11.3 Å². The van der Waals surface area contributed by atoms with Gasteiger partial charge in [0.2, 0.25) is 0 Å². The highest BCUT2D eigenvalue weighted by Crippen LogP contribution is 2.21. The predicted octanol–water partition coefficient (Wildman–Crippen LogP) is 2.03. The number of piperidine rings is 1. The van der Waals surface area contributed by atoms with Gasteiger partial charge in [-0.15, -0.1) is 6.42 Å². The summed E-state index contributed by atoms with van der Waals surface area (Å²) in [6.07, 6.45) is 11.9. The number of oxime groups is 1. The van der Waals surface area contributed by atoms with E-state index in [1.165, 1.54) is 12.2 Å². The lowest BCUT2D eigenvalue weighted by Crippen LogP contribution is -2.34. The van der Waals surface area contributed by atoms with Crippen LogP contribution >= 0.6 is 0 Å². The van der Waals surface area contributed by atoms with Gasteiger partial charge in [0.15, 0.2) is 0 Å². The molecule has 0 aromatic heterocycles. The van der Waals surface area contributed by atoms with Crippen molar-refractivity contribution in [2.45, 2.75) is 12.8 Å². The molecule has 1 saturated heterocycles. The summed E-state index contributed by atoms with van der Waals surface area (Å²) in [7, 11) is 0. The van der Waals surface area contributed by atoms with Gasteiger partial charge in [-0.2, -0.15) is 0 Å². The third-order valence-corrected chi connectivity index (χ3v) is 3.23. The molecule has 2 aliphatic rings. The fraction of sp³-hybridized carbons (Fsp3) is 0.500. The van der Waals surface area contributed by atoms with Gasteiger partial charge in [-0.25, -0.2) is 4.39 Å². The van der Waals surface area contributed by atoms with Crippen molar-refractivity contribution in [3.63, 3.8) is 0 Å². The van der Waals surface area contributed by atoms with Crippen molar-refractivity contribution in [1.82, 2.24) is 5.32 Å². The molecule has 2 heterocycles. The van der Waals surface area contributed by atoms with Gasteiger partial charge in [0, 0.05) is 5.92 Å². The van der Waals surface area contributed by atoms with Crippen molar-refractivity contribution in [3.05, 3.63) is 24.1 Å². The van der Waals surface area contributed by atoms with Crippen molar-refractivity contribution >= 4 is 5.71 Å². The van der Waals surface area contributed by atoms with Crippen LogP contribution in [0.4, 0.5) is 4.39 Å². The molecule has 0 spiro atoms. The second-order valence-electron chi connectivity index (χ2n) is 4.43. The van der Waals surface area contributed by atoms with Crippen LogP contribution in [0.1, 0.15) is 12.8 Å². The van der Waals surface area contributed by atoms with E-state index in [-0.39, 0.29) is 18.4 Å². The average Bonchev–Trinajstić information content (AvgIpc) is 2.50. The Bertz CT molecular complexity index is 414. The van der Waals surface area contributed by atoms with Gasteiger partial charge in [0.05, 0.1) is 11.6 Å². The van der Waals surface area contributed by atoms with Gasteiger partial charge in [-0.3, -0.25) is 0 Å². The Hall–Kier alpha value is -1.60. The highest BCUT2D eigenvalue weighted by molar-refractivity contribution is 5.92. The third kappa shape index (κ3) is 3.21. The van der Waals surface area contributed by atoms with Gasteiger partial charge in [-0.1, -0.05) is 17.2 Å². The summed E-state index contributed by atoms with van der Waals surface area (Å²) < 4.78 is 13.2. The summed E-state index contributed by atoms with van der Waals surface area (Å²) >= 11 is 0. The van der Waals surface area contributed by atoms with Crippen molar-refractivity contribution in [1.29, 1.82) is 0 Å². The molecule has 0 amide bonds. The molecule has 0 saturated carbocycles. The van der Waals surface area contributed by atoms with Crippen molar-refractivity contribution in [2.24, 2.45) is 17.0 Å². The first-order chi connectivity index (χ1) is 8.81. The Morgan fingerprint density at radius 1 is 1.44 bits per heavy atom. The van der Waals surface area contributed by atoms with Gasteiger partial charge in [-0.05, 0) is 38.1 Å². The molecule has 18 heavy (non-hydrogen) atoms. The monoisotopic (exact) mass is 248 g/mol. The van der Waals surface area contributed by atoms with Crippen LogP contribution in [-0.4, -0.2) is 25.4 Å². The Labute approximate surface area is 107 Å². The standard InChI is InChI=1S/C14H17FN2O/c1-2-11-3-4-13(15)7-10-18-17-14(11)12-5-8-16-9-6-12/h1,3-4,7,11-12,16H,5-6,8-10H2/b4-3-,13-7+,17-14+. The average molecular weight is 248 g/mol. The Kier molecular flexibility index (Phi) is 4.54. The summed E-state index contributed by atoms with van der Waals surface area (Å²) in [4.78, 5) is 5.14. The fourth-order valence-corrected chi connectivity index (χ4v) is 2.23. The zero-order valence-corrected chi connectivity index (χ0v) is 10.2. The number of allylic oxidation sites excluding steroid dienone is 3. The molecule has 0 aliphatic carbocycles. The molecule has 0 radical (unpaired) electrons. The molecule has 3 nitrogen and oxygen atoms in total. The van der Waals surface area contributed by atoms with Crippen LogP contribution in [0.5, 0.6) is 0 Å². The van der Waals surface area contributed by atoms with Crippen LogP contribution < -0.4 is 5.32 Å². The summed E-state index contributed by atoms with van der Waals surface area (Å²) in [5.41, 5.74) is 0.846. The van der Waals surface area contributed by atoms with Gasteiger partial charge < -0.3 is 10.2 Å². The van der Waals surface area contributed by atoms with Crippen molar-refractivity contribution in [2.75, 3.05) is 19.7 Å². The van der Waals surface area contributed by atoms with Crippen molar-refractivity contribution < 1.29 is 9.23 Å². The van der Waals surface area contributed by atoms with Crippen LogP contribution in [0.2, 0.25) is 0 Å². The van der Waals surface area contributed by atoms with E-state index in [0.29, 0.717) is 5.92 Å². The molecule has 0 aromatic rings. The van der Waals surface area contributed by atoms with E-state index in [1.54, 1.807) is 6.08 Å². The van der Waals surface area contributed by atoms with E-state index in [1.807, 2.05) is 0 Å². The molecule has 1 atom stereocenters. The lowest BCUT2D eigenvalue weighted by atomic mass is 9.85. The molecule has 0 aromatic carbocycles. The maximum atomic E-state index is 13.2. The van der Waals surface area contributed by atoms with Gasteiger partial charge >= 0.3 is 0 Å². The van der Waals surface area contributed by atoms with Gasteiger partial charge in [0.1, 0.15) is 12.4 Å². The van der Waals surface area contributed by atoms with Crippen LogP contribution in [0.15, 0.2) is 29.2 Å². The first kappa shape index (κ1) is 12.8. The minimum Gasteiger partial charge on any atom is -0.391 e. The second kappa shape index (κ2) is 6.36. The molecular weight excluding hydrogens is 231 g/mol. The van der Waals surface area contributed by atoms with Crippen LogP contribution in [0, 0.1) is 24.2 Å². The number of halogens is 1. The third-order valence-electron chi connectivity index (χ3n) is 3.23. The molecule has 4 heteroatoms. The number of rotatable bonds is 1. The second-order valence-corrected chi connectivity index (χ2v) is 4.43. The Balaban J connectivity index is 2.19. The van der Waals surface area contributed by atoms with Gasteiger partial charge in [0.25, 0.3) is 0 Å². The summed E-state index contributed by atoms with van der Waals surface area (Å²) in [5, 5.41) is 7.44. The maximum Gasteiger partial charge on any atom is 0.138 e. The van der Waals surface area contributed by atoms with E-state index in [9.17, 15) is 4.39 Å². The van der Waals surface area contributed by atoms with E-state index in [2.05, 4.69) is 16.4 Å². The molecule has 1 unspecified atom stereocenters. The van der Waals surface area contributed by atoms with Crippen LogP contribution in [0.25, 0.3) is 0 Å². The molecule has 2 aliphatic heterocycles. The molecular formula is C14H17FN2O. The minimum atomic E-state index is -0.336. The zero-order valence-electron chi connectivity index (χ0n) is 10.2. The number of hydrogen-bond donors (Lipinski definition) is 1. The number of nitrogens with one attached hydrogen (secondary N) is 1. The normalized spacial score (nSPS) is 33.4. The summed E-state index contributed by atoms with van der Waals surface area (Å²) in [6.45, 7) is 2.05. The molecule has 2 rings (SSSR count).